The van der Waals surface area contributed by atoms with Crippen molar-refractivity contribution in [3.8, 4) is 0 Å². The maximum atomic E-state index is 5.68. The molecule has 0 amide bonds. The van der Waals surface area contributed by atoms with Gasteiger partial charge in [-0.15, -0.1) is 0 Å². The molecule has 0 aromatic heterocycles. The monoisotopic (exact) mass is 313 g/mol. The fourth-order valence-electron chi connectivity index (χ4n) is 2.72. The molecule has 0 aromatic rings. The van der Waals surface area contributed by atoms with Crippen LogP contribution < -0.4 is 16.4 Å². The van der Waals surface area contributed by atoms with Gasteiger partial charge >= 0.3 is 0 Å². The van der Waals surface area contributed by atoms with Gasteiger partial charge in [0.1, 0.15) is 0 Å². The summed E-state index contributed by atoms with van der Waals surface area (Å²) in [6, 6.07) is 0.261. The van der Waals surface area contributed by atoms with E-state index in [-0.39, 0.29) is 6.04 Å². The lowest BCUT2D eigenvalue weighted by Crippen LogP contribution is -2.35. The predicted molar refractivity (Wildman–Crippen MR) is 100 cm³/mol. The third-order valence-electron chi connectivity index (χ3n) is 4.15. The second-order valence-electron chi connectivity index (χ2n) is 6.82. The summed E-state index contributed by atoms with van der Waals surface area (Å²) in [7, 11) is 0. The predicted octanol–water partition coefficient (Wildman–Crippen LogP) is 4.21. The van der Waals surface area contributed by atoms with E-state index in [1.165, 1.54) is 77.0 Å². The van der Waals surface area contributed by atoms with Gasteiger partial charge < -0.3 is 16.4 Å². The quantitative estimate of drug-likeness (QED) is 0.332. The van der Waals surface area contributed by atoms with E-state index in [4.69, 9.17) is 5.73 Å². The van der Waals surface area contributed by atoms with Gasteiger partial charge in [-0.25, -0.2) is 0 Å². The van der Waals surface area contributed by atoms with Gasteiger partial charge in [-0.1, -0.05) is 77.6 Å². The highest BCUT2D eigenvalue weighted by atomic mass is 14.9. The lowest BCUT2D eigenvalue weighted by Gasteiger charge is -2.08. The molecule has 0 bridgehead atoms. The van der Waals surface area contributed by atoms with Crippen molar-refractivity contribution in [3.63, 3.8) is 0 Å². The van der Waals surface area contributed by atoms with Crippen LogP contribution >= 0.6 is 0 Å². The zero-order valence-corrected chi connectivity index (χ0v) is 15.5. The second kappa shape index (κ2) is 18.9. The highest BCUT2D eigenvalue weighted by Gasteiger charge is 1.94. The van der Waals surface area contributed by atoms with Crippen LogP contribution in [0.2, 0.25) is 0 Å². The average Bonchev–Trinajstić information content (AvgIpc) is 2.50. The Morgan fingerprint density at radius 2 is 1.09 bits per heavy atom. The fraction of sp³-hybridized carbons (Fsp3) is 1.00. The van der Waals surface area contributed by atoms with Crippen LogP contribution in [0.25, 0.3) is 0 Å². The van der Waals surface area contributed by atoms with E-state index < -0.39 is 0 Å². The molecule has 0 saturated carbocycles. The van der Waals surface area contributed by atoms with Crippen LogP contribution in [0.5, 0.6) is 0 Å². The SMILES string of the molecule is CCCCCCCCCCCCCCNCCNCC(C)N. The summed E-state index contributed by atoms with van der Waals surface area (Å²) in [6.45, 7) is 8.49. The average molecular weight is 314 g/mol. The van der Waals surface area contributed by atoms with Gasteiger partial charge in [-0.3, -0.25) is 0 Å². The van der Waals surface area contributed by atoms with Gasteiger partial charge in [0.2, 0.25) is 0 Å². The van der Waals surface area contributed by atoms with Crippen LogP contribution in [0.1, 0.15) is 90.9 Å². The number of nitrogens with two attached hydrogens (primary N) is 1. The zero-order valence-electron chi connectivity index (χ0n) is 15.5. The van der Waals surface area contributed by atoms with Crippen molar-refractivity contribution in [3.05, 3.63) is 0 Å². The van der Waals surface area contributed by atoms with Crippen molar-refractivity contribution in [1.82, 2.24) is 10.6 Å². The third-order valence-corrected chi connectivity index (χ3v) is 4.15. The molecule has 0 aliphatic rings. The summed E-state index contributed by atoms with van der Waals surface area (Å²) in [5.74, 6) is 0. The molecule has 0 spiro atoms. The Balaban J connectivity index is 2.94. The number of hydrogen-bond donors (Lipinski definition) is 3. The van der Waals surface area contributed by atoms with Crippen molar-refractivity contribution < 1.29 is 0 Å². The highest BCUT2D eigenvalue weighted by molar-refractivity contribution is 4.58. The molecule has 1 unspecified atom stereocenters. The largest absolute Gasteiger partial charge is 0.327 e. The van der Waals surface area contributed by atoms with Gasteiger partial charge in [0.05, 0.1) is 0 Å². The number of rotatable bonds is 18. The Kier molecular flexibility index (Phi) is 18.8. The molecule has 0 heterocycles. The molecule has 1 atom stereocenters. The minimum absolute atomic E-state index is 0.261. The van der Waals surface area contributed by atoms with Crippen molar-refractivity contribution >= 4 is 0 Å². The summed E-state index contributed by atoms with van der Waals surface area (Å²) in [5.41, 5.74) is 5.68. The molecule has 0 rings (SSSR count). The number of unbranched alkanes of at least 4 members (excludes halogenated alkanes) is 11. The molecule has 134 valence electrons. The maximum Gasteiger partial charge on any atom is 0.0136 e. The van der Waals surface area contributed by atoms with Crippen LogP contribution in [0.4, 0.5) is 0 Å². The van der Waals surface area contributed by atoms with Gasteiger partial charge in [0.25, 0.3) is 0 Å². The molecular formula is C19H43N3. The van der Waals surface area contributed by atoms with Gasteiger partial charge in [0.15, 0.2) is 0 Å². The van der Waals surface area contributed by atoms with E-state index in [9.17, 15) is 0 Å². The Labute approximate surface area is 140 Å². The fourth-order valence-corrected chi connectivity index (χ4v) is 2.72. The minimum atomic E-state index is 0.261. The first kappa shape index (κ1) is 21.9. The van der Waals surface area contributed by atoms with Crippen molar-refractivity contribution in [2.24, 2.45) is 5.73 Å². The highest BCUT2D eigenvalue weighted by Crippen LogP contribution is 2.11. The third kappa shape index (κ3) is 19.9. The number of hydrogen-bond acceptors (Lipinski definition) is 3. The van der Waals surface area contributed by atoms with Crippen molar-refractivity contribution in [2.75, 3.05) is 26.2 Å². The normalized spacial score (nSPS) is 12.7. The lowest BCUT2D eigenvalue weighted by atomic mass is 10.1. The molecule has 0 aromatic carbocycles. The Morgan fingerprint density at radius 3 is 1.59 bits per heavy atom. The molecule has 0 saturated heterocycles. The van der Waals surface area contributed by atoms with Crippen LogP contribution in [0, 0.1) is 0 Å². The Bertz CT molecular complexity index is 195. The van der Waals surface area contributed by atoms with Crippen LogP contribution in [0.3, 0.4) is 0 Å². The second-order valence-corrected chi connectivity index (χ2v) is 6.82. The zero-order chi connectivity index (χ0) is 16.3. The van der Waals surface area contributed by atoms with Gasteiger partial charge in [-0.2, -0.15) is 0 Å². The van der Waals surface area contributed by atoms with E-state index >= 15 is 0 Å². The maximum absolute atomic E-state index is 5.68. The summed E-state index contributed by atoms with van der Waals surface area (Å²) >= 11 is 0. The van der Waals surface area contributed by atoms with Crippen LogP contribution in [-0.4, -0.2) is 32.2 Å². The molecule has 0 fully saturated rings. The first-order chi connectivity index (χ1) is 10.8. The first-order valence-corrected chi connectivity index (χ1v) is 9.94. The van der Waals surface area contributed by atoms with E-state index in [0.717, 1.165) is 26.2 Å². The van der Waals surface area contributed by atoms with E-state index in [1.807, 2.05) is 6.92 Å². The molecule has 3 heteroatoms. The van der Waals surface area contributed by atoms with Gasteiger partial charge in [-0.05, 0) is 19.9 Å². The van der Waals surface area contributed by atoms with Crippen molar-refractivity contribution in [1.29, 1.82) is 0 Å². The van der Waals surface area contributed by atoms with Gasteiger partial charge in [0, 0.05) is 25.7 Å². The summed E-state index contributed by atoms with van der Waals surface area (Å²) in [6.07, 6.45) is 17.1. The first-order valence-electron chi connectivity index (χ1n) is 9.94. The van der Waals surface area contributed by atoms with E-state index in [2.05, 4.69) is 17.6 Å². The minimum Gasteiger partial charge on any atom is -0.327 e. The Hall–Kier alpha value is -0.120. The topological polar surface area (TPSA) is 50.1 Å². The molecular weight excluding hydrogens is 270 g/mol. The van der Waals surface area contributed by atoms with Crippen LogP contribution in [0.15, 0.2) is 0 Å². The molecule has 0 aliphatic carbocycles. The molecule has 4 N–H and O–H groups in total. The Morgan fingerprint density at radius 1 is 0.636 bits per heavy atom. The molecule has 22 heavy (non-hydrogen) atoms. The number of nitrogens with one attached hydrogen (secondary N) is 2. The van der Waals surface area contributed by atoms with Crippen molar-refractivity contribution in [2.45, 2.75) is 96.9 Å². The smallest absolute Gasteiger partial charge is 0.0136 e. The summed E-state index contributed by atoms with van der Waals surface area (Å²) < 4.78 is 0. The molecule has 0 aliphatic heterocycles. The molecule has 3 nitrogen and oxygen atoms in total. The van der Waals surface area contributed by atoms with E-state index in [0.29, 0.717) is 0 Å². The molecule has 0 radical (unpaired) electrons. The summed E-state index contributed by atoms with van der Waals surface area (Å²) in [5, 5.41) is 6.84. The van der Waals surface area contributed by atoms with E-state index in [1.54, 1.807) is 0 Å². The standard InChI is InChI=1S/C19H43N3/c1-3-4-5-6-7-8-9-10-11-12-13-14-15-21-16-17-22-18-19(2)20/h19,21-22H,3-18,20H2,1-2H3. The summed E-state index contributed by atoms with van der Waals surface area (Å²) in [4.78, 5) is 0. The lowest BCUT2D eigenvalue weighted by molar-refractivity contribution is 0.529. The van der Waals surface area contributed by atoms with Crippen LogP contribution in [-0.2, 0) is 0 Å².